The van der Waals surface area contributed by atoms with Crippen LogP contribution in [0.2, 0.25) is 0 Å². The quantitative estimate of drug-likeness (QED) is 0.679. The van der Waals surface area contributed by atoms with Crippen LogP contribution in [0.3, 0.4) is 0 Å². The van der Waals surface area contributed by atoms with Gasteiger partial charge in [0.25, 0.3) is 0 Å². The van der Waals surface area contributed by atoms with Gasteiger partial charge >= 0.3 is 5.97 Å². The van der Waals surface area contributed by atoms with Gasteiger partial charge in [-0.25, -0.2) is 0 Å². The van der Waals surface area contributed by atoms with Crippen molar-refractivity contribution in [1.29, 1.82) is 0 Å². The second-order valence-electron chi connectivity index (χ2n) is 3.01. The Balaban J connectivity index is 2.81. The molecular formula is C10H15N3O3. The zero-order chi connectivity index (χ0) is 12.0. The number of anilines is 1. The lowest BCUT2D eigenvalue weighted by Gasteiger charge is -2.19. The summed E-state index contributed by atoms with van der Waals surface area (Å²) in [5.74, 6) is 0.694. The van der Waals surface area contributed by atoms with E-state index in [1.807, 2.05) is 6.92 Å². The fourth-order valence-corrected chi connectivity index (χ4v) is 1.16. The first kappa shape index (κ1) is 12.2. The van der Waals surface area contributed by atoms with Crippen molar-refractivity contribution in [2.75, 3.05) is 32.2 Å². The molecule has 0 atom stereocenters. The molecule has 0 aromatic carbocycles. The lowest BCUT2D eigenvalue weighted by molar-refractivity contribution is -0.138. The molecule has 0 amide bonds. The molecule has 0 bridgehead atoms. The molecule has 1 rings (SSSR count). The molecule has 0 saturated heterocycles. The van der Waals surface area contributed by atoms with Crippen molar-refractivity contribution in [2.45, 2.75) is 6.92 Å². The Hall–Kier alpha value is -1.85. The summed E-state index contributed by atoms with van der Waals surface area (Å²) in [6.45, 7) is 2.70. The third kappa shape index (κ3) is 3.08. The molecular weight excluding hydrogens is 210 g/mol. The Kier molecular flexibility index (Phi) is 4.50. The van der Waals surface area contributed by atoms with Gasteiger partial charge in [0.2, 0.25) is 5.88 Å². The Morgan fingerprint density at radius 1 is 1.44 bits per heavy atom. The van der Waals surface area contributed by atoms with E-state index >= 15 is 0 Å². The van der Waals surface area contributed by atoms with Gasteiger partial charge in [0.15, 0.2) is 5.82 Å². The minimum absolute atomic E-state index is 0.148. The molecule has 1 aromatic heterocycles. The van der Waals surface area contributed by atoms with Crippen LogP contribution in [0.5, 0.6) is 5.88 Å². The molecule has 0 unspecified atom stereocenters. The van der Waals surface area contributed by atoms with E-state index in [0.29, 0.717) is 18.2 Å². The molecule has 6 nitrogen and oxygen atoms in total. The fraction of sp³-hybridized carbons (Fsp3) is 0.500. The monoisotopic (exact) mass is 225 g/mol. The van der Waals surface area contributed by atoms with E-state index in [0.717, 1.165) is 0 Å². The third-order valence-electron chi connectivity index (χ3n) is 2.06. The molecule has 0 N–H and O–H groups in total. The average Bonchev–Trinajstić information content (AvgIpc) is 2.35. The van der Waals surface area contributed by atoms with E-state index in [9.17, 15) is 4.79 Å². The van der Waals surface area contributed by atoms with Crippen molar-refractivity contribution in [3.8, 4) is 5.88 Å². The summed E-state index contributed by atoms with van der Waals surface area (Å²) in [6.07, 6.45) is 3.09. The molecule has 0 aliphatic carbocycles. The zero-order valence-corrected chi connectivity index (χ0v) is 9.64. The number of nitrogens with zero attached hydrogens (tertiary/aromatic N) is 3. The minimum atomic E-state index is -0.313. The number of esters is 1. The van der Waals surface area contributed by atoms with E-state index in [1.165, 1.54) is 20.4 Å². The van der Waals surface area contributed by atoms with Crippen molar-refractivity contribution in [3.63, 3.8) is 0 Å². The van der Waals surface area contributed by atoms with Crippen LogP contribution >= 0.6 is 0 Å². The molecule has 1 heterocycles. The Labute approximate surface area is 94.2 Å². The first-order chi connectivity index (χ1) is 7.71. The van der Waals surface area contributed by atoms with Crippen LogP contribution < -0.4 is 9.64 Å². The molecule has 0 saturated carbocycles. The second-order valence-corrected chi connectivity index (χ2v) is 3.01. The van der Waals surface area contributed by atoms with Gasteiger partial charge in [-0.05, 0) is 6.92 Å². The Bertz CT molecular complexity index is 357. The topological polar surface area (TPSA) is 64.6 Å². The maximum absolute atomic E-state index is 11.2. The summed E-state index contributed by atoms with van der Waals surface area (Å²) in [7, 11) is 2.87. The number of rotatable bonds is 5. The van der Waals surface area contributed by atoms with Gasteiger partial charge in [-0.1, -0.05) is 0 Å². The van der Waals surface area contributed by atoms with Gasteiger partial charge in [0, 0.05) is 6.54 Å². The summed E-state index contributed by atoms with van der Waals surface area (Å²) in [6, 6.07) is 0. The predicted octanol–water partition coefficient (Wildman–Crippen LogP) is 0.484. The maximum Gasteiger partial charge on any atom is 0.325 e. The van der Waals surface area contributed by atoms with Gasteiger partial charge in [-0.3, -0.25) is 9.78 Å². The van der Waals surface area contributed by atoms with Gasteiger partial charge < -0.3 is 14.4 Å². The van der Waals surface area contributed by atoms with Gasteiger partial charge in [-0.2, -0.15) is 4.98 Å². The van der Waals surface area contributed by atoms with Crippen molar-refractivity contribution in [2.24, 2.45) is 0 Å². The highest BCUT2D eigenvalue weighted by atomic mass is 16.5. The molecule has 88 valence electrons. The van der Waals surface area contributed by atoms with Crippen LogP contribution in [0.25, 0.3) is 0 Å². The van der Waals surface area contributed by atoms with Crippen LogP contribution in [-0.2, 0) is 9.53 Å². The number of carbonyl (C=O) groups is 1. The minimum Gasteiger partial charge on any atom is -0.480 e. The van der Waals surface area contributed by atoms with Crippen LogP contribution in [0.15, 0.2) is 12.4 Å². The number of hydrogen-bond donors (Lipinski definition) is 0. The second kappa shape index (κ2) is 5.89. The van der Waals surface area contributed by atoms with E-state index in [-0.39, 0.29) is 12.5 Å². The molecule has 6 heteroatoms. The third-order valence-corrected chi connectivity index (χ3v) is 2.06. The highest BCUT2D eigenvalue weighted by Crippen LogP contribution is 2.13. The summed E-state index contributed by atoms with van der Waals surface area (Å²) in [5.41, 5.74) is 0. The zero-order valence-electron chi connectivity index (χ0n) is 9.64. The smallest absolute Gasteiger partial charge is 0.325 e. The maximum atomic E-state index is 11.2. The van der Waals surface area contributed by atoms with Gasteiger partial charge in [0.1, 0.15) is 6.54 Å². The number of carbonyl (C=O) groups excluding carboxylic acids is 1. The Morgan fingerprint density at radius 2 is 2.19 bits per heavy atom. The molecule has 16 heavy (non-hydrogen) atoms. The predicted molar refractivity (Wildman–Crippen MR) is 58.5 cm³/mol. The number of aromatic nitrogens is 2. The molecule has 0 fully saturated rings. The number of methoxy groups -OCH3 is 2. The molecule has 0 radical (unpaired) electrons. The number of hydrogen-bond acceptors (Lipinski definition) is 6. The molecule has 0 aliphatic heterocycles. The molecule has 0 spiro atoms. The fourth-order valence-electron chi connectivity index (χ4n) is 1.16. The average molecular weight is 225 g/mol. The summed E-state index contributed by atoms with van der Waals surface area (Å²) >= 11 is 0. The number of likely N-dealkylation sites (N-methyl/N-ethyl adjacent to an activating group) is 1. The molecule has 0 aliphatic rings. The Morgan fingerprint density at radius 3 is 2.75 bits per heavy atom. The first-order valence-corrected chi connectivity index (χ1v) is 4.89. The van der Waals surface area contributed by atoms with Crippen molar-refractivity contribution < 1.29 is 14.3 Å². The van der Waals surface area contributed by atoms with Gasteiger partial charge in [-0.15, -0.1) is 0 Å². The highest BCUT2D eigenvalue weighted by molar-refractivity contribution is 5.75. The van der Waals surface area contributed by atoms with Crippen LogP contribution in [0, 0.1) is 0 Å². The van der Waals surface area contributed by atoms with Crippen molar-refractivity contribution >= 4 is 11.8 Å². The van der Waals surface area contributed by atoms with Crippen molar-refractivity contribution in [3.05, 3.63) is 12.4 Å². The normalized spacial score (nSPS) is 9.69. The van der Waals surface area contributed by atoms with E-state index < -0.39 is 0 Å². The molecule has 1 aromatic rings. The lowest BCUT2D eigenvalue weighted by Crippen LogP contribution is -2.31. The standard InChI is InChI=1S/C10H15N3O3/c1-4-13(7-10(14)16-3)8-5-11-6-9(12-8)15-2/h5-6H,4,7H2,1-3H3. The largest absolute Gasteiger partial charge is 0.480 e. The van der Waals surface area contributed by atoms with Crippen LogP contribution in [0.1, 0.15) is 6.92 Å². The summed E-state index contributed by atoms with van der Waals surface area (Å²) < 4.78 is 9.56. The van der Waals surface area contributed by atoms with Crippen molar-refractivity contribution in [1.82, 2.24) is 9.97 Å². The van der Waals surface area contributed by atoms with E-state index in [4.69, 9.17) is 4.74 Å². The number of ether oxygens (including phenoxy) is 2. The van der Waals surface area contributed by atoms with Crippen LogP contribution in [-0.4, -0.2) is 43.2 Å². The summed E-state index contributed by atoms with van der Waals surface area (Å²) in [5, 5.41) is 0. The first-order valence-electron chi connectivity index (χ1n) is 4.89. The van der Waals surface area contributed by atoms with Crippen LogP contribution in [0.4, 0.5) is 5.82 Å². The van der Waals surface area contributed by atoms with E-state index in [2.05, 4.69) is 14.7 Å². The SMILES string of the molecule is CCN(CC(=O)OC)c1cncc(OC)n1. The summed E-state index contributed by atoms with van der Waals surface area (Å²) in [4.78, 5) is 21.1. The van der Waals surface area contributed by atoms with E-state index in [1.54, 1.807) is 11.1 Å². The lowest BCUT2D eigenvalue weighted by atomic mass is 10.4. The highest BCUT2D eigenvalue weighted by Gasteiger charge is 2.12. The van der Waals surface area contributed by atoms with Gasteiger partial charge in [0.05, 0.1) is 26.6 Å².